The second kappa shape index (κ2) is 7.77. The smallest absolute Gasteiger partial charge is 0.166 e. The molecule has 4 atom stereocenters. The maximum atomic E-state index is 10.5. The number of nitrogens with two attached hydrogens (primary N) is 1. The normalized spacial score (nSPS) is 26.6. The summed E-state index contributed by atoms with van der Waals surface area (Å²) in [4.78, 5) is 15.1. The predicted octanol–water partition coefficient (Wildman–Crippen LogP) is -0.491. The molecule has 2 aromatic rings. The quantitative estimate of drug-likeness (QED) is 0.588. The fourth-order valence-corrected chi connectivity index (χ4v) is 3.22. The molecule has 4 N–H and O–H groups in total. The van der Waals surface area contributed by atoms with Gasteiger partial charge in [0, 0.05) is 19.6 Å². The van der Waals surface area contributed by atoms with Crippen molar-refractivity contribution in [3.63, 3.8) is 0 Å². The zero-order chi connectivity index (χ0) is 18.8. The number of aryl methyl sites for hydroxylation is 2. The SMILES string of the molecule is Cc1nc(C)c2ncn([C@@H]3O[C@H](CN(C)C/C=C\CN)[C@@H](O)[C@H]3O)c2n1. The van der Waals surface area contributed by atoms with Crippen LogP contribution in [-0.2, 0) is 4.74 Å². The van der Waals surface area contributed by atoms with Crippen LogP contribution >= 0.6 is 0 Å². The number of imidazole rings is 1. The second-order valence-electron chi connectivity index (χ2n) is 6.65. The van der Waals surface area contributed by atoms with Crippen LogP contribution in [0.1, 0.15) is 17.7 Å². The Morgan fingerprint density at radius 2 is 2.04 bits per heavy atom. The summed E-state index contributed by atoms with van der Waals surface area (Å²) < 4.78 is 7.63. The molecule has 3 heterocycles. The van der Waals surface area contributed by atoms with Crippen molar-refractivity contribution in [1.82, 2.24) is 24.4 Å². The van der Waals surface area contributed by atoms with Crippen molar-refractivity contribution in [2.24, 2.45) is 5.73 Å². The first kappa shape index (κ1) is 18.9. The van der Waals surface area contributed by atoms with Crippen molar-refractivity contribution >= 4 is 11.2 Å². The van der Waals surface area contributed by atoms with Gasteiger partial charge in [-0.3, -0.25) is 4.57 Å². The summed E-state index contributed by atoms with van der Waals surface area (Å²) in [6.45, 7) is 5.32. The highest BCUT2D eigenvalue weighted by Gasteiger charge is 2.44. The second-order valence-corrected chi connectivity index (χ2v) is 6.65. The summed E-state index contributed by atoms with van der Waals surface area (Å²) >= 11 is 0. The fourth-order valence-electron chi connectivity index (χ4n) is 3.22. The van der Waals surface area contributed by atoms with E-state index in [1.807, 2.05) is 31.0 Å². The van der Waals surface area contributed by atoms with Crippen LogP contribution in [0.5, 0.6) is 0 Å². The molecule has 1 aliphatic heterocycles. The Hall–Kier alpha value is -1.91. The molecule has 2 aromatic heterocycles. The Bertz CT molecular complexity index is 792. The number of rotatable bonds is 6. The number of ether oxygens (including phenoxy) is 1. The highest BCUT2D eigenvalue weighted by molar-refractivity contribution is 5.73. The highest BCUT2D eigenvalue weighted by Crippen LogP contribution is 2.32. The summed E-state index contributed by atoms with van der Waals surface area (Å²) in [5.41, 5.74) is 7.45. The molecule has 0 unspecified atom stereocenters. The van der Waals surface area contributed by atoms with E-state index >= 15 is 0 Å². The number of aliphatic hydroxyl groups is 2. The first-order valence-corrected chi connectivity index (χ1v) is 8.65. The summed E-state index contributed by atoms with van der Waals surface area (Å²) in [5, 5.41) is 20.9. The van der Waals surface area contributed by atoms with E-state index in [2.05, 4.69) is 15.0 Å². The minimum atomic E-state index is -1.07. The zero-order valence-corrected chi connectivity index (χ0v) is 15.3. The van der Waals surface area contributed by atoms with Crippen molar-refractivity contribution in [2.45, 2.75) is 38.4 Å². The minimum absolute atomic E-state index is 0.476. The molecule has 3 rings (SSSR count). The van der Waals surface area contributed by atoms with Gasteiger partial charge < -0.3 is 25.6 Å². The van der Waals surface area contributed by atoms with Gasteiger partial charge in [-0.15, -0.1) is 0 Å². The lowest BCUT2D eigenvalue weighted by atomic mass is 10.1. The highest BCUT2D eigenvalue weighted by atomic mass is 16.6. The number of aliphatic hydroxyl groups excluding tert-OH is 2. The summed E-state index contributed by atoms with van der Waals surface area (Å²) in [6, 6.07) is 0. The molecule has 142 valence electrons. The molecule has 0 aromatic carbocycles. The molecule has 0 aliphatic carbocycles. The molecule has 0 radical (unpaired) electrons. The van der Waals surface area contributed by atoms with Crippen molar-refractivity contribution < 1.29 is 14.9 Å². The van der Waals surface area contributed by atoms with E-state index in [1.54, 1.807) is 17.8 Å². The van der Waals surface area contributed by atoms with Gasteiger partial charge in [0.25, 0.3) is 0 Å². The third-order valence-electron chi connectivity index (χ3n) is 4.53. The van der Waals surface area contributed by atoms with Crippen molar-refractivity contribution in [1.29, 1.82) is 0 Å². The molecule has 0 spiro atoms. The monoisotopic (exact) mass is 362 g/mol. The average molecular weight is 362 g/mol. The molecule has 0 amide bonds. The van der Waals surface area contributed by atoms with Crippen molar-refractivity contribution in [3.05, 3.63) is 30.0 Å². The maximum Gasteiger partial charge on any atom is 0.166 e. The molecule has 9 nitrogen and oxygen atoms in total. The molecule has 1 saturated heterocycles. The third kappa shape index (κ3) is 3.62. The van der Waals surface area contributed by atoms with Crippen LogP contribution in [-0.4, -0.2) is 79.6 Å². The van der Waals surface area contributed by atoms with Crippen LogP contribution in [0.25, 0.3) is 11.2 Å². The molecule has 0 bridgehead atoms. The van der Waals surface area contributed by atoms with Gasteiger partial charge in [0.05, 0.1) is 12.0 Å². The molecule has 26 heavy (non-hydrogen) atoms. The van der Waals surface area contributed by atoms with Gasteiger partial charge in [-0.05, 0) is 20.9 Å². The van der Waals surface area contributed by atoms with Gasteiger partial charge >= 0.3 is 0 Å². The third-order valence-corrected chi connectivity index (χ3v) is 4.53. The summed E-state index contributed by atoms with van der Waals surface area (Å²) in [5.74, 6) is 0.618. The number of hydrogen-bond acceptors (Lipinski definition) is 8. The largest absolute Gasteiger partial charge is 0.387 e. The molecule has 1 aliphatic rings. The molecular weight excluding hydrogens is 336 g/mol. The van der Waals surface area contributed by atoms with E-state index < -0.39 is 24.5 Å². The van der Waals surface area contributed by atoms with Gasteiger partial charge in [-0.1, -0.05) is 12.2 Å². The lowest BCUT2D eigenvalue weighted by Crippen LogP contribution is -2.38. The lowest BCUT2D eigenvalue weighted by molar-refractivity contribution is -0.0414. The first-order chi connectivity index (χ1) is 12.4. The Morgan fingerprint density at radius 3 is 2.77 bits per heavy atom. The fraction of sp³-hybridized carbons (Fsp3) is 0.588. The number of fused-ring (bicyclic) bond motifs is 1. The lowest BCUT2D eigenvalue weighted by Gasteiger charge is -2.21. The van der Waals surface area contributed by atoms with Crippen molar-refractivity contribution in [2.75, 3.05) is 26.7 Å². The Balaban J connectivity index is 1.79. The van der Waals surface area contributed by atoms with Gasteiger partial charge in [0.15, 0.2) is 11.9 Å². The van der Waals surface area contributed by atoms with Crippen LogP contribution in [0.3, 0.4) is 0 Å². The number of aromatic nitrogens is 4. The summed E-state index contributed by atoms with van der Waals surface area (Å²) in [6.07, 6.45) is 2.07. The molecular formula is C17H26N6O3. The Labute approximate surface area is 152 Å². The van der Waals surface area contributed by atoms with E-state index in [1.165, 1.54) is 0 Å². The standard InChI is InChI=1S/C17H26N6O3/c1-10-13-16(21-11(2)20-10)23(9-19-13)17-15(25)14(24)12(26-17)8-22(3)7-5-4-6-18/h4-5,9,12,14-15,17,24-25H,6-8,18H2,1-3H3/b5-4-/t12-,14-,15-,17-/m1/s1. The number of nitrogens with zero attached hydrogens (tertiary/aromatic N) is 5. The van der Waals surface area contributed by atoms with E-state index in [0.29, 0.717) is 36.6 Å². The zero-order valence-electron chi connectivity index (χ0n) is 15.3. The summed E-state index contributed by atoms with van der Waals surface area (Å²) in [7, 11) is 1.92. The topological polar surface area (TPSA) is 123 Å². The van der Waals surface area contributed by atoms with Crippen LogP contribution in [0, 0.1) is 13.8 Å². The van der Waals surface area contributed by atoms with Crippen LogP contribution in [0.15, 0.2) is 18.5 Å². The minimum Gasteiger partial charge on any atom is -0.387 e. The molecule has 9 heteroatoms. The predicted molar refractivity (Wildman–Crippen MR) is 96.4 cm³/mol. The van der Waals surface area contributed by atoms with E-state index in [9.17, 15) is 10.2 Å². The van der Waals surface area contributed by atoms with Gasteiger partial charge in [0.1, 0.15) is 29.7 Å². The number of likely N-dealkylation sites (N-methyl/N-ethyl adjacent to an activating group) is 1. The average Bonchev–Trinajstić information content (AvgIpc) is 3.11. The Kier molecular flexibility index (Phi) is 5.64. The van der Waals surface area contributed by atoms with Gasteiger partial charge in [0.2, 0.25) is 0 Å². The van der Waals surface area contributed by atoms with E-state index in [-0.39, 0.29) is 0 Å². The van der Waals surface area contributed by atoms with Gasteiger partial charge in [-0.25, -0.2) is 15.0 Å². The molecule has 1 fully saturated rings. The van der Waals surface area contributed by atoms with Gasteiger partial charge in [-0.2, -0.15) is 0 Å². The number of hydrogen-bond donors (Lipinski definition) is 3. The van der Waals surface area contributed by atoms with Crippen molar-refractivity contribution in [3.8, 4) is 0 Å². The Morgan fingerprint density at radius 1 is 1.27 bits per heavy atom. The van der Waals surface area contributed by atoms with Crippen LogP contribution in [0.2, 0.25) is 0 Å². The first-order valence-electron chi connectivity index (χ1n) is 8.65. The van der Waals surface area contributed by atoms with Crippen LogP contribution in [0.4, 0.5) is 0 Å². The molecule has 0 saturated carbocycles. The van der Waals surface area contributed by atoms with E-state index in [4.69, 9.17) is 10.5 Å². The maximum absolute atomic E-state index is 10.5. The van der Waals surface area contributed by atoms with Crippen LogP contribution < -0.4 is 5.73 Å². The van der Waals surface area contributed by atoms with E-state index in [0.717, 1.165) is 5.69 Å².